The minimum atomic E-state index is 0.212. The Hall–Kier alpha value is -1.31. The van der Waals surface area contributed by atoms with E-state index in [4.69, 9.17) is 22.0 Å². The Morgan fingerprint density at radius 2 is 2.44 bits per heavy atom. The van der Waals surface area contributed by atoms with Crippen molar-refractivity contribution in [1.82, 2.24) is 4.98 Å². The van der Waals surface area contributed by atoms with Crippen molar-refractivity contribution in [3.05, 3.63) is 22.8 Å². The van der Waals surface area contributed by atoms with Gasteiger partial charge in [-0.1, -0.05) is 11.6 Å². The average molecular weight is 266 g/mol. The summed E-state index contributed by atoms with van der Waals surface area (Å²) >= 11 is 6.21. The zero-order valence-corrected chi connectivity index (χ0v) is 10.9. The highest BCUT2D eigenvalue weighted by atomic mass is 35.5. The molecule has 1 aromatic rings. The smallest absolute Gasteiger partial charge is 0.148 e. The lowest BCUT2D eigenvalue weighted by Crippen LogP contribution is -2.30. The molecule has 1 aliphatic heterocycles. The van der Waals surface area contributed by atoms with E-state index in [2.05, 4.69) is 16.0 Å². The number of nitrogens with zero attached hydrogens (tertiary/aromatic N) is 3. The predicted molar refractivity (Wildman–Crippen MR) is 70.6 cm³/mol. The molecule has 0 aromatic carbocycles. The summed E-state index contributed by atoms with van der Waals surface area (Å²) in [5.41, 5.74) is 0.467. The second-order valence-corrected chi connectivity index (χ2v) is 4.84. The topological polar surface area (TPSA) is 60.2 Å². The van der Waals surface area contributed by atoms with Gasteiger partial charge in [0.15, 0.2) is 0 Å². The molecule has 2 heterocycles. The molecule has 0 radical (unpaired) electrons. The van der Waals surface area contributed by atoms with Crippen molar-refractivity contribution >= 4 is 17.4 Å². The minimum Gasteiger partial charge on any atom is -0.396 e. The highest BCUT2D eigenvalue weighted by Crippen LogP contribution is 2.33. The fourth-order valence-corrected chi connectivity index (χ4v) is 2.72. The first-order valence-corrected chi connectivity index (χ1v) is 6.58. The normalized spacial score (nSPS) is 18.9. The third kappa shape index (κ3) is 2.58. The van der Waals surface area contributed by atoms with Gasteiger partial charge in [-0.15, -0.1) is 0 Å². The van der Waals surface area contributed by atoms with Crippen LogP contribution in [0.5, 0.6) is 0 Å². The van der Waals surface area contributed by atoms with Crippen LogP contribution in [0.15, 0.2) is 12.3 Å². The SMILES string of the molecule is N#Cc1ccnc(N2CCCC2CCCO)c1Cl. The summed E-state index contributed by atoms with van der Waals surface area (Å²) in [6.07, 6.45) is 5.54. The highest BCUT2D eigenvalue weighted by molar-refractivity contribution is 6.34. The van der Waals surface area contributed by atoms with Crippen LogP contribution < -0.4 is 4.90 Å². The van der Waals surface area contributed by atoms with E-state index in [1.165, 1.54) is 0 Å². The molecule has 1 unspecified atom stereocenters. The Labute approximate surface area is 112 Å². The molecule has 0 amide bonds. The third-order valence-electron chi connectivity index (χ3n) is 3.34. The Morgan fingerprint density at radius 3 is 3.17 bits per heavy atom. The Kier molecular flexibility index (Phi) is 4.40. The number of halogens is 1. The second-order valence-electron chi connectivity index (χ2n) is 4.46. The van der Waals surface area contributed by atoms with E-state index in [0.29, 0.717) is 22.4 Å². The molecule has 0 spiro atoms. The lowest BCUT2D eigenvalue weighted by atomic mass is 10.1. The number of nitriles is 1. The summed E-state index contributed by atoms with van der Waals surface area (Å²) in [6, 6.07) is 4.08. The summed E-state index contributed by atoms with van der Waals surface area (Å²) in [4.78, 5) is 6.47. The molecule has 0 saturated carbocycles. The van der Waals surface area contributed by atoms with Gasteiger partial charge in [0.25, 0.3) is 0 Å². The van der Waals surface area contributed by atoms with Crippen LogP contribution in [-0.4, -0.2) is 29.3 Å². The van der Waals surface area contributed by atoms with Crippen LogP contribution in [0.4, 0.5) is 5.82 Å². The highest BCUT2D eigenvalue weighted by Gasteiger charge is 2.27. The monoisotopic (exact) mass is 265 g/mol. The molecular weight excluding hydrogens is 250 g/mol. The number of anilines is 1. The molecule has 1 saturated heterocycles. The lowest BCUT2D eigenvalue weighted by Gasteiger charge is -2.26. The van der Waals surface area contributed by atoms with Crippen molar-refractivity contribution in [2.45, 2.75) is 31.7 Å². The van der Waals surface area contributed by atoms with Crippen molar-refractivity contribution in [1.29, 1.82) is 5.26 Å². The molecule has 0 aliphatic carbocycles. The van der Waals surface area contributed by atoms with Gasteiger partial charge in [-0.3, -0.25) is 0 Å². The van der Waals surface area contributed by atoms with Crippen molar-refractivity contribution < 1.29 is 5.11 Å². The molecular formula is C13H16ClN3O. The third-order valence-corrected chi connectivity index (χ3v) is 3.71. The van der Waals surface area contributed by atoms with Gasteiger partial charge in [0.05, 0.1) is 5.56 Å². The first-order chi connectivity index (χ1) is 8.77. The number of aliphatic hydroxyl groups excluding tert-OH is 1. The van der Waals surface area contributed by atoms with Gasteiger partial charge in [0.1, 0.15) is 16.9 Å². The zero-order chi connectivity index (χ0) is 13.0. The molecule has 1 aromatic heterocycles. The van der Waals surface area contributed by atoms with E-state index in [9.17, 15) is 0 Å². The predicted octanol–water partition coefficient (Wildman–Crippen LogP) is 2.35. The fourth-order valence-electron chi connectivity index (χ4n) is 2.46. The minimum absolute atomic E-state index is 0.212. The first-order valence-electron chi connectivity index (χ1n) is 6.20. The zero-order valence-electron chi connectivity index (χ0n) is 10.1. The van der Waals surface area contributed by atoms with Gasteiger partial charge in [0.2, 0.25) is 0 Å². The second kappa shape index (κ2) is 6.03. The maximum Gasteiger partial charge on any atom is 0.148 e. The standard InChI is InChI=1S/C13H16ClN3O/c14-12-10(9-15)5-6-16-13(12)17-7-1-3-11(17)4-2-8-18/h5-6,11,18H,1-4,7-8H2. The Morgan fingerprint density at radius 1 is 1.61 bits per heavy atom. The number of rotatable bonds is 4. The van der Waals surface area contributed by atoms with E-state index < -0.39 is 0 Å². The summed E-state index contributed by atoms with van der Waals surface area (Å²) < 4.78 is 0. The summed E-state index contributed by atoms with van der Waals surface area (Å²) in [6.45, 7) is 1.13. The molecule has 5 heteroatoms. The van der Waals surface area contributed by atoms with Crippen LogP contribution in [0.1, 0.15) is 31.2 Å². The molecule has 1 N–H and O–H groups in total. The molecule has 1 atom stereocenters. The maximum atomic E-state index is 8.98. The number of pyridine rings is 1. The molecule has 1 aliphatic rings. The van der Waals surface area contributed by atoms with E-state index in [1.807, 2.05) is 0 Å². The van der Waals surface area contributed by atoms with Crippen LogP contribution in [0, 0.1) is 11.3 Å². The van der Waals surface area contributed by atoms with Gasteiger partial charge in [-0.05, 0) is 31.7 Å². The van der Waals surface area contributed by atoms with Gasteiger partial charge < -0.3 is 10.0 Å². The van der Waals surface area contributed by atoms with Crippen LogP contribution in [-0.2, 0) is 0 Å². The van der Waals surface area contributed by atoms with E-state index in [0.717, 1.165) is 32.2 Å². The Balaban J connectivity index is 2.22. The summed E-state index contributed by atoms with van der Waals surface area (Å²) in [5, 5.41) is 18.3. The molecule has 18 heavy (non-hydrogen) atoms. The van der Waals surface area contributed by atoms with Crippen LogP contribution >= 0.6 is 11.6 Å². The van der Waals surface area contributed by atoms with Gasteiger partial charge in [-0.25, -0.2) is 4.98 Å². The molecule has 0 bridgehead atoms. The summed E-state index contributed by atoms with van der Waals surface area (Å²) in [5.74, 6) is 0.705. The van der Waals surface area contributed by atoms with Crippen molar-refractivity contribution in [3.8, 4) is 6.07 Å². The number of hydrogen-bond acceptors (Lipinski definition) is 4. The molecule has 96 valence electrons. The largest absolute Gasteiger partial charge is 0.396 e. The average Bonchev–Trinajstić information content (AvgIpc) is 2.84. The lowest BCUT2D eigenvalue weighted by molar-refractivity contribution is 0.279. The van der Waals surface area contributed by atoms with Gasteiger partial charge in [0, 0.05) is 25.4 Å². The molecule has 1 fully saturated rings. The number of aromatic nitrogens is 1. The van der Waals surface area contributed by atoms with E-state index >= 15 is 0 Å². The van der Waals surface area contributed by atoms with Crippen LogP contribution in [0.2, 0.25) is 5.02 Å². The van der Waals surface area contributed by atoms with E-state index in [-0.39, 0.29) is 6.61 Å². The van der Waals surface area contributed by atoms with Gasteiger partial charge in [-0.2, -0.15) is 5.26 Å². The first kappa shape index (κ1) is 13.1. The number of aliphatic hydroxyl groups is 1. The van der Waals surface area contributed by atoms with Crippen molar-refractivity contribution in [2.75, 3.05) is 18.1 Å². The van der Waals surface area contributed by atoms with Crippen LogP contribution in [0.25, 0.3) is 0 Å². The molecule has 4 nitrogen and oxygen atoms in total. The van der Waals surface area contributed by atoms with Crippen molar-refractivity contribution in [2.24, 2.45) is 0 Å². The quantitative estimate of drug-likeness (QED) is 0.908. The number of hydrogen-bond donors (Lipinski definition) is 1. The van der Waals surface area contributed by atoms with Crippen molar-refractivity contribution in [3.63, 3.8) is 0 Å². The fraction of sp³-hybridized carbons (Fsp3) is 0.538. The summed E-state index contributed by atoms with van der Waals surface area (Å²) in [7, 11) is 0. The van der Waals surface area contributed by atoms with E-state index in [1.54, 1.807) is 12.3 Å². The molecule has 2 rings (SSSR count). The maximum absolute atomic E-state index is 8.98. The Bertz CT molecular complexity index is 458. The van der Waals surface area contributed by atoms with Gasteiger partial charge >= 0.3 is 0 Å². The van der Waals surface area contributed by atoms with Crippen LogP contribution in [0.3, 0.4) is 0 Å².